The number of phenolic OH excluding ortho intramolecular Hbond substituents is 2. The number of hydrogen-bond donors (Lipinski definition) is 2. The molecule has 4 nitrogen and oxygen atoms in total. The zero-order chi connectivity index (χ0) is 14.2. The van der Waals surface area contributed by atoms with Gasteiger partial charge in [0.05, 0.1) is 13.1 Å². The van der Waals surface area contributed by atoms with Crippen LogP contribution >= 0.6 is 0 Å². The van der Waals surface area contributed by atoms with Crippen LogP contribution in [0.25, 0.3) is 0 Å². The SMILES string of the molecule is Oc1ccccc1C=NCCN=Cc1ccccc1O.[Y]. The predicted octanol–water partition coefficient (Wildman–Crippen LogP) is 2.63. The van der Waals surface area contributed by atoms with Crippen LogP contribution in [0.15, 0.2) is 58.5 Å². The van der Waals surface area contributed by atoms with Gasteiger partial charge in [-0.1, -0.05) is 24.3 Å². The number of aromatic hydroxyl groups is 2. The van der Waals surface area contributed by atoms with Crippen molar-refractivity contribution in [3.63, 3.8) is 0 Å². The summed E-state index contributed by atoms with van der Waals surface area (Å²) < 4.78 is 0. The summed E-state index contributed by atoms with van der Waals surface area (Å²) in [7, 11) is 0. The number of benzene rings is 2. The van der Waals surface area contributed by atoms with Gasteiger partial charge in [-0.3, -0.25) is 9.98 Å². The Kier molecular flexibility index (Phi) is 7.87. The Morgan fingerprint density at radius 2 is 1.10 bits per heavy atom. The molecule has 0 atom stereocenters. The van der Waals surface area contributed by atoms with Crippen molar-refractivity contribution in [2.24, 2.45) is 9.98 Å². The van der Waals surface area contributed by atoms with Gasteiger partial charge in [-0.15, -0.1) is 0 Å². The molecule has 2 aromatic rings. The van der Waals surface area contributed by atoms with E-state index in [4.69, 9.17) is 0 Å². The van der Waals surface area contributed by atoms with Crippen LogP contribution in [0.4, 0.5) is 0 Å². The zero-order valence-electron chi connectivity index (χ0n) is 11.6. The summed E-state index contributed by atoms with van der Waals surface area (Å²) in [6.07, 6.45) is 3.26. The molecule has 0 spiro atoms. The molecule has 0 unspecified atom stereocenters. The molecule has 0 saturated heterocycles. The summed E-state index contributed by atoms with van der Waals surface area (Å²) >= 11 is 0. The molecule has 0 aliphatic rings. The van der Waals surface area contributed by atoms with Gasteiger partial charge in [-0.05, 0) is 24.3 Å². The first-order valence-electron chi connectivity index (χ1n) is 6.33. The van der Waals surface area contributed by atoms with Gasteiger partial charge in [0, 0.05) is 56.3 Å². The molecule has 0 aliphatic carbocycles. The van der Waals surface area contributed by atoms with E-state index in [1.54, 1.807) is 48.8 Å². The maximum Gasteiger partial charge on any atom is 0.124 e. The summed E-state index contributed by atoms with van der Waals surface area (Å²) in [5.74, 6) is 0.433. The third-order valence-corrected chi connectivity index (χ3v) is 2.69. The summed E-state index contributed by atoms with van der Waals surface area (Å²) in [5, 5.41) is 19.1. The maximum atomic E-state index is 9.54. The van der Waals surface area contributed by atoms with E-state index in [-0.39, 0.29) is 44.2 Å². The second-order valence-corrected chi connectivity index (χ2v) is 4.19. The Balaban J connectivity index is 0.00000220. The van der Waals surface area contributed by atoms with Crippen LogP contribution in [0.3, 0.4) is 0 Å². The van der Waals surface area contributed by atoms with Crippen molar-refractivity contribution in [1.82, 2.24) is 0 Å². The van der Waals surface area contributed by atoms with Crippen molar-refractivity contribution in [2.75, 3.05) is 13.1 Å². The van der Waals surface area contributed by atoms with Crippen LogP contribution in [-0.4, -0.2) is 35.7 Å². The van der Waals surface area contributed by atoms with Crippen LogP contribution < -0.4 is 0 Å². The van der Waals surface area contributed by atoms with Crippen molar-refractivity contribution in [3.05, 3.63) is 59.7 Å². The maximum absolute atomic E-state index is 9.54. The van der Waals surface area contributed by atoms with E-state index in [2.05, 4.69) is 9.98 Å². The molecule has 1 radical (unpaired) electrons. The minimum atomic E-state index is 0. The quantitative estimate of drug-likeness (QED) is 0.638. The largest absolute Gasteiger partial charge is 0.507 e. The number of hydrogen-bond acceptors (Lipinski definition) is 4. The molecule has 21 heavy (non-hydrogen) atoms. The van der Waals surface area contributed by atoms with Crippen molar-refractivity contribution < 1.29 is 42.9 Å². The monoisotopic (exact) mass is 357 g/mol. The summed E-state index contributed by atoms with van der Waals surface area (Å²) in [6.45, 7) is 1.05. The Morgan fingerprint density at radius 3 is 1.48 bits per heavy atom. The summed E-state index contributed by atoms with van der Waals surface area (Å²) in [6, 6.07) is 14.1. The number of phenols is 2. The zero-order valence-corrected chi connectivity index (χ0v) is 14.4. The molecule has 0 fully saturated rings. The van der Waals surface area contributed by atoms with Gasteiger partial charge < -0.3 is 10.2 Å². The fourth-order valence-corrected chi connectivity index (χ4v) is 1.63. The van der Waals surface area contributed by atoms with Gasteiger partial charge in [-0.2, -0.15) is 0 Å². The molecule has 0 aromatic heterocycles. The smallest absolute Gasteiger partial charge is 0.124 e. The number of para-hydroxylation sites is 2. The van der Waals surface area contributed by atoms with E-state index in [0.29, 0.717) is 24.2 Å². The fraction of sp³-hybridized carbons (Fsp3) is 0.125. The molecular weight excluding hydrogens is 341 g/mol. The topological polar surface area (TPSA) is 65.2 Å². The first kappa shape index (κ1) is 17.5. The number of aliphatic imine (C=N–C) groups is 2. The van der Waals surface area contributed by atoms with Crippen molar-refractivity contribution in [2.45, 2.75) is 0 Å². The van der Waals surface area contributed by atoms with E-state index in [9.17, 15) is 10.2 Å². The van der Waals surface area contributed by atoms with Crippen LogP contribution in [0.2, 0.25) is 0 Å². The number of nitrogens with zero attached hydrogens (tertiary/aromatic N) is 2. The normalized spacial score (nSPS) is 10.9. The molecule has 0 bridgehead atoms. The first-order valence-corrected chi connectivity index (χ1v) is 6.33. The Bertz CT molecular complexity index is 572. The van der Waals surface area contributed by atoms with Crippen molar-refractivity contribution in [1.29, 1.82) is 0 Å². The van der Waals surface area contributed by atoms with Gasteiger partial charge in [0.15, 0.2) is 0 Å². The predicted molar refractivity (Wildman–Crippen MR) is 81.1 cm³/mol. The van der Waals surface area contributed by atoms with E-state index < -0.39 is 0 Å². The van der Waals surface area contributed by atoms with Gasteiger partial charge in [0.1, 0.15) is 11.5 Å². The van der Waals surface area contributed by atoms with Gasteiger partial charge in [-0.25, -0.2) is 0 Å². The van der Waals surface area contributed by atoms with Gasteiger partial charge in [0.25, 0.3) is 0 Å². The molecule has 2 rings (SSSR count). The average molecular weight is 357 g/mol. The minimum absolute atomic E-state index is 0. The second kappa shape index (κ2) is 9.43. The van der Waals surface area contributed by atoms with Crippen LogP contribution in [0.5, 0.6) is 11.5 Å². The van der Waals surface area contributed by atoms with E-state index in [1.165, 1.54) is 0 Å². The third-order valence-electron chi connectivity index (χ3n) is 2.69. The molecule has 0 saturated carbocycles. The van der Waals surface area contributed by atoms with Gasteiger partial charge in [0.2, 0.25) is 0 Å². The van der Waals surface area contributed by atoms with E-state index in [0.717, 1.165) is 0 Å². The van der Waals surface area contributed by atoms with E-state index in [1.807, 2.05) is 12.1 Å². The minimum Gasteiger partial charge on any atom is -0.507 e. The van der Waals surface area contributed by atoms with Crippen molar-refractivity contribution in [3.8, 4) is 11.5 Å². The Morgan fingerprint density at radius 1 is 0.714 bits per heavy atom. The second-order valence-electron chi connectivity index (χ2n) is 4.19. The van der Waals surface area contributed by atoms with Crippen molar-refractivity contribution >= 4 is 12.4 Å². The van der Waals surface area contributed by atoms with Crippen LogP contribution in [0, 0.1) is 0 Å². The molecule has 0 heterocycles. The molecule has 105 valence electrons. The summed E-state index contributed by atoms with van der Waals surface area (Å²) in [5.41, 5.74) is 1.38. The molecule has 2 N–H and O–H groups in total. The van der Waals surface area contributed by atoms with Crippen LogP contribution in [-0.2, 0) is 32.7 Å². The first-order chi connectivity index (χ1) is 9.77. The Hall–Kier alpha value is -1.52. The summed E-state index contributed by atoms with van der Waals surface area (Å²) in [4.78, 5) is 8.39. The number of rotatable bonds is 5. The van der Waals surface area contributed by atoms with E-state index >= 15 is 0 Å². The standard InChI is InChI=1S/C16H16N2O2.Y/c19-15-7-3-1-5-13(15)11-17-9-10-18-12-14-6-2-4-8-16(14)20;/h1-8,11-12,19-20H,9-10H2;. The molecule has 5 heteroatoms. The molecule has 2 aromatic carbocycles. The fourth-order valence-electron chi connectivity index (χ4n) is 1.63. The third kappa shape index (κ3) is 5.78. The van der Waals surface area contributed by atoms with Crippen LogP contribution in [0.1, 0.15) is 11.1 Å². The molecule has 0 amide bonds. The van der Waals surface area contributed by atoms with Gasteiger partial charge >= 0.3 is 0 Å². The Labute approximate surface area is 149 Å². The average Bonchev–Trinajstić information content (AvgIpc) is 2.46. The molecular formula is C16H16N2O2Y. The molecule has 0 aliphatic heterocycles.